The van der Waals surface area contributed by atoms with Gasteiger partial charge in [0.2, 0.25) is 5.91 Å². The van der Waals surface area contributed by atoms with E-state index in [0.717, 1.165) is 24.5 Å². The van der Waals surface area contributed by atoms with Crippen LogP contribution in [0.3, 0.4) is 0 Å². The second kappa shape index (κ2) is 8.80. The van der Waals surface area contributed by atoms with Gasteiger partial charge in [-0.05, 0) is 48.7 Å². The molecular weight excluding hydrogens is 413 g/mol. The highest BCUT2D eigenvalue weighted by Gasteiger charge is 2.24. The number of methoxy groups -OCH3 is 1. The zero-order chi connectivity index (χ0) is 21.9. The first-order valence-electron chi connectivity index (χ1n) is 9.23. The molecule has 0 unspecified atom stereocenters. The highest BCUT2D eigenvalue weighted by atomic mass is 32.2. The minimum absolute atomic E-state index is 0.0741. The molecule has 2 aromatic carbocycles. The topological polar surface area (TPSA) is 105 Å². The Morgan fingerprint density at radius 1 is 1.20 bits per heavy atom. The number of sulfonamides is 1. The predicted octanol–water partition coefficient (Wildman–Crippen LogP) is 2.51. The zero-order valence-electron chi connectivity index (χ0n) is 16.6. The second-order valence-corrected chi connectivity index (χ2v) is 8.54. The summed E-state index contributed by atoms with van der Waals surface area (Å²) in [6.45, 7) is 1.67. The van der Waals surface area contributed by atoms with E-state index in [1.165, 1.54) is 26.2 Å². The van der Waals surface area contributed by atoms with Crippen molar-refractivity contribution >= 4 is 38.9 Å². The van der Waals surface area contributed by atoms with Crippen LogP contribution in [0.1, 0.15) is 18.9 Å². The van der Waals surface area contributed by atoms with Gasteiger partial charge >= 0.3 is 0 Å². The maximum absolute atomic E-state index is 14.2. The summed E-state index contributed by atoms with van der Waals surface area (Å²) in [5.74, 6) is -1.55. The third kappa shape index (κ3) is 4.77. The Morgan fingerprint density at radius 3 is 2.63 bits per heavy atom. The van der Waals surface area contributed by atoms with E-state index in [9.17, 15) is 22.4 Å². The zero-order valence-corrected chi connectivity index (χ0v) is 17.4. The van der Waals surface area contributed by atoms with Crippen LogP contribution in [0.5, 0.6) is 0 Å². The lowest BCUT2D eigenvalue weighted by Crippen LogP contribution is -2.37. The fourth-order valence-electron chi connectivity index (χ4n) is 3.27. The fraction of sp³-hybridized carbons (Fsp3) is 0.300. The van der Waals surface area contributed by atoms with Crippen LogP contribution in [0.4, 0.5) is 21.5 Å². The quantitative estimate of drug-likeness (QED) is 0.726. The van der Waals surface area contributed by atoms with Gasteiger partial charge in [0.05, 0.1) is 16.3 Å². The lowest BCUT2D eigenvalue weighted by atomic mass is 10.0. The SMILES string of the molecule is COCC(=O)N1CCCc2ccc(NS(=O)(=O)c3ccc(NC(C)=O)c(F)c3)cc21. The van der Waals surface area contributed by atoms with Gasteiger partial charge in [0.1, 0.15) is 12.4 Å². The number of anilines is 3. The Labute approximate surface area is 174 Å². The number of hydrogen-bond donors (Lipinski definition) is 2. The molecule has 0 aromatic heterocycles. The van der Waals surface area contributed by atoms with Gasteiger partial charge in [-0.2, -0.15) is 0 Å². The van der Waals surface area contributed by atoms with Crippen LogP contribution in [-0.2, 0) is 30.8 Å². The first-order valence-corrected chi connectivity index (χ1v) is 10.7. The van der Waals surface area contributed by atoms with Gasteiger partial charge in [-0.25, -0.2) is 12.8 Å². The van der Waals surface area contributed by atoms with E-state index in [2.05, 4.69) is 10.0 Å². The largest absolute Gasteiger partial charge is 0.375 e. The molecule has 2 amide bonds. The molecule has 0 radical (unpaired) electrons. The van der Waals surface area contributed by atoms with Crippen molar-refractivity contribution in [2.24, 2.45) is 0 Å². The number of benzene rings is 2. The Morgan fingerprint density at radius 2 is 1.97 bits per heavy atom. The molecule has 10 heteroatoms. The van der Waals surface area contributed by atoms with E-state index < -0.39 is 21.7 Å². The standard InChI is InChI=1S/C20H22FN3O5S/c1-13(25)22-18-8-7-16(11-17(18)21)30(27,28)23-15-6-5-14-4-3-9-24(19(14)10-15)20(26)12-29-2/h5-8,10-11,23H,3-4,9,12H2,1-2H3,(H,22,25). The van der Waals surface area contributed by atoms with Crippen LogP contribution in [0, 0.1) is 5.82 Å². The van der Waals surface area contributed by atoms with Gasteiger partial charge in [0.25, 0.3) is 15.9 Å². The second-order valence-electron chi connectivity index (χ2n) is 6.85. The summed E-state index contributed by atoms with van der Waals surface area (Å²) in [6.07, 6.45) is 1.57. The average molecular weight is 435 g/mol. The lowest BCUT2D eigenvalue weighted by molar-refractivity contribution is -0.122. The molecule has 0 atom stereocenters. The number of aryl methyl sites for hydroxylation is 1. The normalized spacial score (nSPS) is 13.5. The summed E-state index contributed by atoms with van der Waals surface area (Å²) < 4.78 is 46.9. The lowest BCUT2D eigenvalue weighted by Gasteiger charge is -2.30. The molecule has 30 heavy (non-hydrogen) atoms. The molecule has 0 aliphatic carbocycles. The first-order chi connectivity index (χ1) is 14.2. The number of fused-ring (bicyclic) bond motifs is 1. The van der Waals surface area contributed by atoms with Crippen LogP contribution in [0.15, 0.2) is 41.3 Å². The van der Waals surface area contributed by atoms with Crippen LogP contribution in [0.2, 0.25) is 0 Å². The number of carbonyl (C=O) groups is 2. The highest BCUT2D eigenvalue weighted by Crippen LogP contribution is 2.31. The van der Waals surface area contributed by atoms with Crippen molar-refractivity contribution in [3.05, 3.63) is 47.8 Å². The monoisotopic (exact) mass is 435 g/mol. The molecule has 1 aliphatic heterocycles. The molecule has 0 spiro atoms. The number of nitrogens with zero attached hydrogens (tertiary/aromatic N) is 1. The number of hydrogen-bond acceptors (Lipinski definition) is 5. The highest BCUT2D eigenvalue weighted by molar-refractivity contribution is 7.92. The number of rotatable bonds is 6. The molecule has 0 saturated carbocycles. The minimum Gasteiger partial charge on any atom is -0.375 e. The molecule has 1 aliphatic rings. The van der Waals surface area contributed by atoms with Gasteiger partial charge in [-0.1, -0.05) is 6.07 Å². The summed E-state index contributed by atoms with van der Waals surface area (Å²) in [6, 6.07) is 8.16. The number of amides is 2. The van der Waals surface area contributed by atoms with Crippen LogP contribution in [-0.4, -0.2) is 40.5 Å². The van der Waals surface area contributed by atoms with Crippen molar-refractivity contribution in [3.63, 3.8) is 0 Å². The summed E-state index contributed by atoms with van der Waals surface area (Å²) in [4.78, 5) is 24.7. The number of nitrogens with one attached hydrogen (secondary N) is 2. The van der Waals surface area contributed by atoms with Gasteiger partial charge in [0, 0.05) is 26.3 Å². The van der Waals surface area contributed by atoms with Crippen molar-refractivity contribution in [2.75, 3.05) is 35.2 Å². The number of carbonyl (C=O) groups excluding carboxylic acids is 2. The van der Waals surface area contributed by atoms with Crippen LogP contribution in [0.25, 0.3) is 0 Å². The average Bonchev–Trinajstić information content (AvgIpc) is 2.68. The summed E-state index contributed by atoms with van der Waals surface area (Å²) in [5.41, 5.74) is 1.69. The molecule has 0 bridgehead atoms. The van der Waals surface area contributed by atoms with E-state index in [0.29, 0.717) is 12.2 Å². The fourth-order valence-corrected chi connectivity index (χ4v) is 4.33. The summed E-state index contributed by atoms with van der Waals surface area (Å²) in [7, 11) is -2.65. The molecular formula is C20H22FN3O5S. The molecule has 0 fully saturated rings. The molecule has 160 valence electrons. The maximum Gasteiger partial charge on any atom is 0.261 e. The third-order valence-corrected chi connectivity index (χ3v) is 5.97. The van der Waals surface area contributed by atoms with Gasteiger partial charge in [-0.3, -0.25) is 14.3 Å². The Hall–Kier alpha value is -2.98. The van der Waals surface area contributed by atoms with Gasteiger partial charge in [-0.15, -0.1) is 0 Å². The van der Waals surface area contributed by atoms with Crippen LogP contribution < -0.4 is 14.9 Å². The van der Waals surface area contributed by atoms with E-state index >= 15 is 0 Å². The molecule has 2 N–H and O–H groups in total. The number of ether oxygens (including phenoxy) is 1. The molecule has 8 nitrogen and oxygen atoms in total. The van der Waals surface area contributed by atoms with E-state index in [4.69, 9.17) is 4.74 Å². The van der Waals surface area contributed by atoms with Gasteiger partial charge < -0.3 is 15.0 Å². The number of halogens is 1. The third-order valence-electron chi connectivity index (χ3n) is 4.59. The van der Waals surface area contributed by atoms with Crippen molar-refractivity contribution in [1.29, 1.82) is 0 Å². The smallest absolute Gasteiger partial charge is 0.261 e. The molecule has 0 saturated heterocycles. The van der Waals surface area contributed by atoms with Crippen molar-refractivity contribution in [3.8, 4) is 0 Å². The first kappa shape index (κ1) is 21.7. The van der Waals surface area contributed by atoms with Gasteiger partial charge in [0.15, 0.2) is 0 Å². The van der Waals surface area contributed by atoms with Crippen LogP contribution >= 0.6 is 0 Å². The molecule has 3 rings (SSSR count). The Kier molecular flexibility index (Phi) is 6.37. The Balaban J connectivity index is 1.87. The maximum atomic E-state index is 14.2. The minimum atomic E-state index is -4.09. The van der Waals surface area contributed by atoms with Crippen molar-refractivity contribution in [1.82, 2.24) is 0 Å². The predicted molar refractivity (Wildman–Crippen MR) is 111 cm³/mol. The summed E-state index contributed by atoms with van der Waals surface area (Å²) in [5, 5.41) is 2.28. The van der Waals surface area contributed by atoms with Crippen molar-refractivity contribution in [2.45, 2.75) is 24.7 Å². The summed E-state index contributed by atoms with van der Waals surface area (Å²) >= 11 is 0. The van der Waals surface area contributed by atoms with Crippen molar-refractivity contribution < 1.29 is 27.1 Å². The molecule has 2 aromatic rings. The molecule has 1 heterocycles. The Bertz CT molecular complexity index is 1090. The van der Waals surface area contributed by atoms with E-state index in [-0.39, 0.29) is 28.8 Å². The van der Waals surface area contributed by atoms with E-state index in [1.807, 2.05) is 0 Å². The van der Waals surface area contributed by atoms with E-state index in [1.54, 1.807) is 23.1 Å².